The van der Waals surface area contributed by atoms with E-state index in [1.54, 1.807) is 0 Å². The molecule has 0 saturated carbocycles. The lowest BCUT2D eigenvalue weighted by atomic mass is 9.91. The molecule has 2 N–H and O–H groups in total. The summed E-state index contributed by atoms with van der Waals surface area (Å²) >= 11 is 0. The van der Waals surface area contributed by atoms with Crippen molar-refractivity contribution >= 4 is 32.3 Å². The van der Waals surface area contributed by atoms with Crippen LogP contribution in [0, 0.1) is 0 Å². The van der Waals surface area contributed by atoms with Gasteiger partial charge in [0, 0.05) is 33.6 Å². The highest BCUT2D eigenvalue weighted by Gasteiger charge is 2.46. The highest BCUT2D eigenvalue weighted by molar-refractivity contribution is 7.85. The van der Waals surface area contributed by atoms with Crippen LogP contribution >= 0.6 is 0 Å². The Morgan fingerprint density at radius 2 is 1.51 bits per heavy atom. The molecule has 2 aliphatic rings. The van der Waals surface area contributed by atoms with Crippen LogP contribution in [0.4, 0.5) is 11.4 Å². The number of nitrogens with zero attached hydrogens (tertiary/aromatic N) is 1. The first-order valence-corrected chi connectivity index (χ1v) is 14.9. The van der Waals surface area contributed by atoms with Gasteiger partial charge >= 0.3 is 0 Å². The van der Waals surface area contributed by atoms with Crippen LogP contribution in [0.15, 0.2) is 78.9 Å². The zero-order valence-corrected chi connectivity index (χ0v) is 23.1. The van der Waals surface area contributed by atoms with Crippen molar-refractivity contribution in [3.8, 4) is 16.9 Å². The molecular formula is C31H33N3O4S. The van der Waals surface area contributed by atoms with E-state index in [0.29, 0.717) is 23.9 Å². The summed E-state index contributed by atoms with van der Waals surface area (Å²) in [7, 11) is 0.0382. The third kappa shape index (κ3) is 4.84. The van der Waals surface area contributed by atoms with Crippen LogP contribution in [0.1, 0.15) is 24.0 Å². The minimum absolute atomic E-state index is 0.302. The first-order chi connectivity index (χ1) is 18.7. The number of anilines is 2. The van der Waals surface area contributed by atoms with E-state index >= 15 is 0 Å². The number of benzene rings is 4. The fourth-order valence-corrected chi connectivity index (χ4v) is 6.50. The molecule has 1 spiro atoms. The molecule has 39 heavy (non-hydrogen) atoms. The second-order valence-electron chi connectivity index (χ2n) is 11.2. The Hall–Kier alpha value is -3.59. The number of hydrogen-bond acceptors (Lipinski definition) is 6. The zero-order valence-electron chi connectivity index (χ0n) is 22.2. The number of hydrogen-bond donors (Lipinski definition) is 2. The molecule has 0 bridgehead atoms. The van der Waals surface area contributed by atoms with Gasteiger partial charge in [-0.15, -0.1) is 0 Å². The number of nitrogens with one attached hydrogen (secondary N) is 2. The number of fused-ring (bicyclic) bond motifs is 5. The molecule has 4 aromatic carbocycles. The molecular weight excluding hydrogens is 510 g/mol. The topological polar surface area (TPSA) is 90.5 Å². The summed E-state index contributed by atoms with van der Waals surface area (Å²) in [4.78, 5) is 0. The number of quaternary nitrogens is 1. The summed E-state index contributed by atoms with van der Waals surface area (Å²) < 4.78 is 39.6. The van der Waals surface area contributed by atoms with Crippen molar-refractivity contribution in [2.24, 2.45) is 0 Å². The monoisotopic (exact) mass is 543 g/mol. The molecule has 0 radical (unpaired) electrons. The van der Waals surface area contributed by atoms with Crippen LogP contribution in [-0.2, 0) is 15.8 Å². The molecule has 0 amide bonds. The van der Waals surface area contributed by atoms with Crippen LogP contribution in [0.25, 0.3) is 21.9 Å². The fraction of sp³-hybridized carbons (Fsp3) is 0.290. The zero-order chi connectivity index (χ0) is 27.3. The Bertz CT molecular complexity index is 1630. The van der Waals surface area contributed by atoms with Crippen LogP contribution in [-0.4, -0.2) is 57.0 Å². The molecule has 0 atom stereocenters. The maximum Gasteiger partial charge on any atom is 0.162 e. The normalized spacial score (nSPS) is 14.9. The number of likely N-dealkylation sites (N-methyl/N-ethyl adjacent to an activating group) is 1. The first kappa shape index (κ1) is 25.7. The fourth-order valence-electron chi connectivity index (χ4n) is 5.94. The molecule has 0 fully saturated rings. The van der Waals surface area contributed by atoms with E-state index in [2.05, 4.69) is 97.5 Å². The molecule has 1 aliphatic heterocycles. The Kier molecular flexibility index (Phi) is 6.29. The molecule has 0 saturated heterocycles. The van der Waals surface area contributed by atoms with Gasteiger partial charge in [-0.2, -0.15) is 0 Å². The van der Waals surface area contributed by atoms with Crippen molar-refractivity contribution in [2.75, 3.05) is 50.2 Å². The SMILES string of the molecule is C[N+](C)(CCCCS(=O)(=O)[O-])CCOc1ccc2c(c1)C1(Nc3cccc4cccc(c34)N1)c1ccccc1-2. The second kappa shape index (κ2) is 9.55. The minimum atomic E-state index is -4.15. The van der Waals surface area contributed by atoms with Gasteiger partial charge < -0.3 is 24.4 Å². The predicted molar refractivity (Wildman–Crippen MR) is 155 cm³/mol. The van der Waals surface area contributed by atoms with E-state index in [1.807, 2.05) is 6.07 Å². The van der Waals surface area contributed by atoms with Crippen molar-refractivity contribution in [2.45, 2.75) is 18.5 Å². The van der Waals surface area contributed by atoms with E-state index in [4.69, 9.17) is 4.74 Å². The van der Waals surface area contributed by atoms with Gasteiger partial charge in [-0.25, -0.2) is 8.42 Å². The Morgan fingerprint density at radius 1 is 0.821 bits per heavy atom. The largest absolute Gasteiger partial charge is 0.748 e. The van der Waals surface area contributed by atoms with E-state index < -0.39 is 15.8 Å². The third-order valence-corrected chi connectivity index (χ3v) is 8.73. The van der Waals surface area contributed by atoms with Gasteiger partial charge in [-0.05, 0) is 53.6 Å². The van der Waals surface area contributed by atoms with Crippen LogP contribution < -0.4 is 15.4 Å². The molecule has 202 valence electrons. The molecule has 1 aliphatic carbocycles. The molecule has 0 unspecified atom stereocenters. The smallest absolute Gasteiger partial charge is 0.162 e. The first-order valence-electron chi connectivity index (χ1n) is 13.4. The van der Waals surface area contributed by atoms with Crippen molar-refractivity contribution in [1.29, 1.82) is 0 Å². The Balaban J connectivity index is 1.24. The van der Waals surface area contributed by atoms with Gasteiger partial charge in [-0.3, -0.25) is 0 Å². The lowest BCUT2D eigenvalue weighted by Gasteiger charge is -2.40. The average molecular weight is 544 g/mol. The summed E-state index contributed by atoms with van der Waals surface area (Å²) in [6.45, 7) is 2.06. The van der Waals surface area contributed by atoms with Crippen molar-refractivity contribution in [3.05, 3.63) is 90.0 Å². The molecule has 6 rings (SSSR count). The van der Waals surface area contributed by atoms with Gasteiger partial charge in [0.2, 0.25) is 0 Å². The van der Waals surface area contributed by atoms with Crippen molar-refractivity contribution in [3.63, 3.8) is 0 Å². The molecule has 4 aromatic rings. The van der Waals surface area contributed by atoms with Gasteiger partial charge in [0.1, 0.15) is 18.9 Å². The van der Waals surface area contributed by atoms with Crippen LogP contribution in [0.2, 0.25) is 0 Å². The molecule has 1 heterocycles. The quantitative estimate of drug-likeness (QED) is 0.168. The van der Waals surface area contributed by atoms with Crippen LogP contribution in [0.5, 0.6) is 5.75 Å². The lowest BCUT2D eigenvalue weighted by molar-refractivity contribution is -0.890. The molecule has 8 heteroatoms. The maximum absolute atomic E-state index is 10.9. The Morgan fingerprint density at radius 3 is 2.23 bits per heavy atom. The second-order valence-corrected chi connectivity index (χ2v) is 12.7. The van der Waals surface area contributed by atoms with Gasteiger partial charge in [-0.1, -0.05) is 54.6 Å². The summed E-state index contributed by atoms with van der Waals surface area (Å²) in [5.74, 6) is 0.503. The van der Waals surface area contributed by atoms with Crippen molar-refractivity contribution < 1.29 is 22.2 Å². The third-order valence-electron chi connectivity index (χ3n) is 7.94. The van der Waals surface area contributed by atoms with Crippen LogP contribution in [0.3, 0.4) is 0 Å². The van der Waals surface area contributed by atoms with Gasteiger partial charge in [0.15, 0.2) is 5.66 Å². The molecule has 0 aromatic heterocycles. The highest BCUT2D eigenvalue weighted by Crippen LogP contribution is 2.53. The van der Waals surface area contributed by atoms with E-state index in [-0.39, 0.29) is 5.75 Å². The summed E-state index contributed by atoms with van der Waals surface area (Å²) in [6, 6.07) is 27.6. The number of unbranched alkanes of at least 4 members (excludes halogenated alkanes) is 1. The van der Waals surface area contributed by atoms with E-state index in [9.17, 15) is 13.0 Å². The van der Waals surface area contributed by atoms with E-state index in [1.165, 1.54) is 27.5 Å². The summed E-state index contributed by atoms with van der Waals surface area (Å²) in [5.41, 5.74) is 6.25. The lowest BCUT2D eigenvalue weighted by Crippen LogP contribution is -2.44. The standard InChI is InChI=1S/C31H33N3O4S/c1-34(2,17-5-6-20-39(35,36)37)18-19-38-23-15-16-25-24-11-3-4-12-26(24)31(27(25)21-23)32-28-13-7-9-22-10-8-14-29(33-31)30(22)28/h3-4,7-16,21,32-33H,5-6,17-20H2,1-2H3. The van der Waals surface area contributed by atoms with Gasteiger partial charge in [0.05, 0.1) is 30.8 Å². The summed E-state index contributed by atoms with van der Waals surface area (Å²) in [5, 5.41) is 10.1. The molecule has 7 nitrogen and oxygen atoms in total. The average Bonchev–Trinajstić information content (AvgIpc) is 3.15. The number of rotatable bonds is 9. The number of ether oxygens (including phenoxy) is 1. The summed E-state index contributed by atoms with van der Waals surface area (Å²) in [6.07, 6.45) is 1.07. The predicted octanol–water partition coefficient (Wildman–Crippen LogP) is 5.34. The maximum atomic E-state index is 10.9. The Labute approximate surface area is 229 Å². The minimum Gasteiger partial charge on any atom is -0.748 e. The highest BCUT2D eigenvalue weighted by atomic mass is 32.2. The van der Waals surface area contributed by atoms with Gasteiger partial charge in [0.25, 0.3) is 0 Å². The van der Waals surface area contributed by atoms with Crippen molar-refractivity contribution in [1.82, 2.24) is 0 Å². The van der Waals surface area contributed by atoms with E-state index in [0.717, 1.165) is 35.8 Å².